The second-order valence-corrected chi connectivity index (χ2v) is 6.04. The Morgan fingerprint density at radius 1 is 1.26 bits per heavy atom. The molecule has 0 aliphatic rings. The van der Waals surface area contributed by atoms with Gasteiger partial charge < -0.3 is 10.1 Å². The maximum atomic E-state index is 13.5. The molecule has 0 unspecified atom stereocenters. The Labute approximate surface area is 142 Å². The highest BCUT2D eigenvalue weighted by Gasteiger charge is 2.10. The normalized spacial score (nSPS) is 10.4. The van der Waals surface area contributed by atoms with Gasteiger partial charge in [0.15, 0.2) is 0 Å². The average Bonchev–Trinajstić information content (AvgIpc) is 2.51. The molecule has 0 bridgehead atoms. The fraction of sp³-hybridized carbons (Fsp3) is 0.188. The maximum absolute atomic E-state index is 13.5. The number of carbonyl (C=O) groups excluding carboxylic acids is 1. The summed E-state index contributed by atoms with van der Waals surface area (Å²) in [7, 11) is 1.50. The molecule has 3 nitrogen and oxygen atoms in total. The molecule has 0 fully saturated rings. The van der Waals surface area contributed by atoms with Crippen molar-refractivity contribution in [2.45, 2.75) is 5.75 Å². The third-order valence-electron chi connectivity index (χ3n) is 2.94. The van der Waals surface area contributed by atoms with Crippen molar-refractivity contribution in [1.82, 2.24) is 0 Å². The molecule has 0 spiro atoms. The number of rotatable bonds is 6. The fourth-order valence-electron chi connectivity index (χ4n) is 1.89. The molecule has 0 radical (unpaired) electrons. The van der Waals surface area contributed by atoms with Crippen LogP contribution in [0.3, 0.4) is 0 Å². The van der Waals surface area contributed by atoms with Gasteiger partial charge in [-0.05, 0) is 36.4 Å². The highest BCUT2D eigenvalue weighted by Crippen LogP contribution is 2.24. The molecule has 23 heavy (non-hydrogen) atoms. The minimum atomic E-state index is -0.556. The highest BCUT2D eigenvalue weighted by atomic mass is 35.5. The lowest BCUT2D eigenvalue weighted by Crippen LogP contribution is -2.15. The first-order valence-corrected chi connectivity index (χ1v) is 8.18. The van der Waals surface area contributed by atoms with Crippen LogP contribution in [0.5, 0.6) is 5.75 Å². The van der Waals surface area contributed by atoms with Crippen molar-refractivity contribution in [2.75, 3.05) is 18.2 Å². The number of ether oxygens (including phenoxy) is 1. The van der Waals surface area contributed by atoms with E-state index in [1.165, 1.54) is 55.3 Å². The Kier molecular flexibility index (Phi) is 6.24. The average molecular weight is 358 g/mol. The van der Waals surface area contributed by atoms with Gasteiger partial charge in [0.25, 0.3) is 0 Å². The van der Waals surface area contributed by atoms with Gasteiger partial charge in [0.05, 0.1) is 18.6 Å². The van der Waals surface area contributed by atoms with Crippen LogP contribution in [0.15, 0.2) is 36.4 Å². The van der Waals surface area contributed by atoms with Crippen molar-refractivity contribution < 1.29 is 18.3 Å². The minimum Gasteiger partial charge on any atom is -0.496 e. The van der Waals surface area contributed by atoms with Gasteiger partial charge >= 0.3 is 0 Å². The molecule has 0 atom stereocenters. The minimum absolute atomic E-state index is 0.0337. The number of benzene rings is 2. The summed E-state index contributed by atoms with van der Waals surface area (Å²) >= 11 is 7.03. The van der Waals surface area contributed by atoms with E-state index in [1.807, 2.05) is 0 Å². The molecule has 7 heteroatoms. The zero-order valence-corrected chi connectivity index (χ0v) is 13.8. The van der Waals surface area contributed by atoms with E-state index in [4.69, 9.17) is 16.3 Å². The quantitative estimate of drug-likeness (QED) is 0.827. The summed E-state index contributed by atoms with van der Waals surface area (Å²) in [4.78, 5) is 11.8. The van der Waals surface area contributed by atoms with Crippen molar-refractivity contribution in [3.8, 4) is 5.75 Å². The van der Waals surface area contributed by atoms with E-state index in [0.29, 0.717) is 22.1 Å². The van der Waals surface area contributed by atoms with Crippen molar-refractivity contribution >= 4 is 35.0 Å². The predicted octanol–water partition coefficient (Wildman–Crippen LogP) is 4.50. The Bertz CT molecular complexity index is 712. The molecule has 2 aromatic rings. The molecule has 2 aromatic carbocycles. The molecule has 2 rings (SSSR count). The van der Waals surface area contributed by atoms with E-state index < -0.39 is 5.82 Å². The second kappa shape index (κ2) is 8.17. The van der Waals surface area contributed by atoms with Crippen molar-refractivity contribution in [3.63, 3.8) is 0 Å². The lowest BCUT2D eigenvalue weighted by Gasteiger charge is -2.09. The van der Waals surface area contributed by atoms with Crippen molar-refractivity contribution in [2.24, 2.45) is 0 Å². The van der Waals surface area contributed by atoms with E-state index in [9.17, 15) is 13.6 Å². The first-order valence-electron chi connectivity index (χ1n) is 6.64. The summed E-state index contributed by atoms with van der Waals surface area (Å²) in [5.74, 6) is -0.254. The largest absolute Gasteiger partial charge is 0.496 e. The Hall–Kier alpha value is -1.79. The van der Waals surface area contributed by atoms with Gasteiger partial charge in [0.2, 0.25) is 5.91 Å². The van der Waals surface area contributed by atoms with E-state index >= 15 is 0 Å². The number of thioether (sulfide) groups is 1. The summed E-state index contributed by atoms with van der Waals surface area (Å²) in [6.07, 6.45) is 0. The molecular weight excluding hydrogens is 344 g/mol. The van der Waals surface area contributed by atoms with Gasteiger partial charge in [0, 0.05) is 16.3 Å². The van der Waals surface area contributed by atoms with Crippen LogP contribution in [0.2, 0.25) is 5.02 Å². The number of nitrogens with one attached hydrogen (secondary N) is 1. The third kappa shape index (κ3) is 5.11. The highest BCUT2D eigenvalue weighted by molar-refractivity contribution is 7.99. The van der Waals surface area contributed by atoms with Crippen molar-refractivity contribution in [1.29, 1.82) is 0 Å². The summed E-state index contributed by atoms with van der Waals surface area (Å²) in [6, 6.07) is 8.13. The standard InChI is InChI=1S/C16H14ClF2NO2S/c1-22-15-5-3-12(18)6-10(15)8-23-9-16(21)20-14-7-11(17)2-4-13(14)19/h2-7H,8-9H2,1H3,(H,20,21). The predicted molar refractivity (Wildman–Crippen MR) is 89.2 cm³/mol. The number of hydrogen-bond acceptors (Lipinski definition) is 3. The van der Waals surface area contributed by atoms with Gasteiger partial charge in [-0.2, -0.15) is 0 Å². The fourth-order valence-corrected chi connectivity index (χ4v) is 2.87. The van der Waals surface area contributed by atoms with Crippen LogP contribution >= 0.6 is 23.4 Å². The number of carbonyl (C=O) groups is 1. The van der Waals surface area contributed by atoms with Gasteiger partial charge in [0.1, 0.15) is 17.4 Å². The molecule has 1 N–H and O–H groups in total. The maximum Gasteiger partial charge on any atom is 0.234 e. The third-order valence-corrected chi connectivity index (χ3v) is 4.15. The number of anilines is 1. The molecule has 1 amide bonds. The zero-order chi connectivity index (χ0) is 16.8. The van der Waals surface area contributed by atoms with E-state index in [-0.39, 0.29) is 23.2 Å². The molecule has 0 aliphatic carbocycles. The van der Waals surface area contributed by atoms with Crippen LogP contribution < -0.4 is 10.1 Å². The zero-order valence-electron chi connectivity index (χ0n) is 12.2. The lowest BCUT2D eigenvalue weighted by molar-refractivity contribution is -0.113. The van der Waals surface area contributed by atoms with Crippen molar-refractivity contribution in [3.05, 3.63) is 58.6 Å². The molecular formula is C16H14ClF2NO2S. The van der Waals surface area contributed by atoms with E-state index in [2.05, 4.69) is 5.32 Å². The molecule has 0 aliphatic heterocycles. The molecule has 0 aromatic heterocycles. The molecule has 0 heterocycles. The van der Waals surface area contributed by atoms with Gasteiger partial charge in [-0.15, -0.1) is 11.8 Å². The number of halogens is 3. The molecule has 122 valence electrons. The molecule has 0 saturated heterocycles. The number of amides is 1. The summed E-state index contributed by atoms with van der Waals surface area (Å²) < 4.78 is 31.9. The SMILES string of the molecule is COc1ccc(F)cc1CSCC(=O)Nc1cc(Cl)ccc1F. The topological polar surface area (TPSA) is 38.3 Å². The number of methoxy groups -OCH3 is 1. The number of hydrogen-bond donors (Lipinski definition) is 1. The summed E-state index contributed by atoms with van der Waals surface area (Å²) in [6.45, 7) is 0. The van der Waals surface area contributed by atoms with Crippen LogP contribution in [0, 0.1) is 11.6 Å². The van der Waals surface area contributed by atoms with Crippen LogP contribution in [-0.2, 0) is 10.5 Å². The monoisotopic (exact) mass is 357 g/mol. The Balaban J connectivity index is 1.90. The Morgan fingerprint density at radius 2 is 2.04 bits per heavy atom. The van der Waals surface area contributed by atoms with Crippen LogP contribution in [0.1, 0.15) is 5.56 Å². The van der Waals surface area contributed by atoms with Gasteiger partial charge in [-0.3, -0.25) is 4.79 Å². The second-order valence-electron chi connectivity index (χ2n) is 4.62. The van der Waals surface area contributed by atoms with Crippen LogP contribution in [0.25, 0.3) is 0 Å². The van der Waals surface area contributed by atoms with Gasteiger partial charge in [-0.25, -0.2) is 8.78 Å². The van der Waals surface area contributed by atoms with E-state index in [0.717, 1.165) is 0 Å². The Morgan fingerprint density at radius 3 is 2.78 bits per heavy atom. The van der Waals surface area contributed by atoms with Crippen LogP contribution in [0.4, 0.5) is 14.5 Å². The summed E-state index contributed by atoms with van der Waals surface area (Å²) in [5, 5.41) is 2.79. The summed E-state index contributed by atoms with van der Waals surface area (Å²) in [5.41, 5.74) is 0.686. The smallest absolute Gasteiger partial charge is 0.234 e. The van der Waals surface area contributed by atoms with E-state index in [1.54, 1.807) is 0 Å². The first kappa shape index (κ1) is 17.6. The van der Waals surface area contributed by atoms with Gasteiger partial charge in [-0.1, -0.05) is 11.6 Å². The lowest BCUT2D eigenvalue weighted by atomic mass is 10.2. The molecule has 0 saturated carbocycles. The van der Waals surface area contributed by atoms with Crippen LogP contribution in [-0.4, -0.2) is 18.8 Å². The first-order chi connectivity index (χ1) is 11.0.